The van der Waals surface area contributed by atoms with Crippen LogP contribution < -0.4 is 5.73 Å². The van der Waals surface area contributed by atoms with Crippen LogP contribution in [0.4, 0.5) is 4.39 Å². The van der Waals surface area contributed by atoms with Gasteiger partial charge in [-0.15, -0.1) is 0 Å². The van der Waals surface area contributed by atoms with E-state index in [9.17, 15) is 4.39 Å². The Bertz CT molecular complexity index is 327. The van der Waals surface area contributed by atoms with E-state index in [-0.39, 0.29) is 24.4 Å². The van der Waals surface area contributed by atoms with Gasteiger partial charge in [0.15, 0.2) is 0 Å². The molecule has 2 atom stereocenters. The lowest BCUT2D eigenvalue weighted by atomic mass is 10.0. The molecule has 0 amide bonds. The lowest BCUT2D eigenvalue weighted by molar-refractivity contribution is 0.214. The second kappa shape index (κ2) is 3.09. The highest BCUT2D eigenvalue weighted by molar-refractivity contribution is 5.35. The zero-order chi connectivity index (χ0) is 9.42. The van der Waals surface area contributed by atoms with Gasteiger partial charge in [0.1, 0.15) is 5.82 Å². The van der Waals surface area contributed by atoms with E-state index in [2.05, 4.69) is 0 Å². The van der Waals surface area contributed by atoms with Crippen molar-refractivity contribution in [3.05, 3.63) is 35.1 Å². The minimum Gasteiger partial charge on any atom is -0.396 e. The summed E-state index contributed by atoms with van der Waals surface area (Å²) in [5.41, 5.74) is 7.78. The second-order valence-electron chi connectivity index (χ2n) is 3.52. The number of nitrogens with two attached hydrogens (primary N) is 1. The minimum atomic E-state index is -0.232. The maximum atomic E-state index is 12.8. The average Bonchev–Trinajstić information content (AvgIpc) is 2.42. The van der Waals surface area contributed by atoms with Gasteiger partial charge in [-0.05, 0) is 29.7 Å². The number of rotatable bonds is 1. The van der Waals surface area contributed by atoms with Crippen LogP contribution in [0.15, 0.2) is 18.2 Å². The van der Waals surface area contributed by atoms with Crippen LogP contribution in [-0.4, -0.2) is 11.7 Å². The summed E-state index contributed by atoms with van der Waals surface area (Å²) in [6, 6.07) is 4.49. The van der Waals surface area contributed by atoms with Crippen LogP contribution in [-0.2, 0) is 6.42 Å². The molecule has 0 heterocycles. The standard InChI is InChI=1S/C10H12FNO/c11-8-1-2-9-6(4-8)3-7(5-13)10(9)12/h1-2,4,7,10,13H,3,5,12H2. The van der Waals surface area contributed by atoms with Crippen LogP contribution in [0.3, 0.4) is 0 Å². The molecule has 0 saturated carbocycles. The van der Waals surface area contributed by atoms with E-state index in [0.717, 1.165) is 11.1 Å². The fourth-order valence-electron chi connectivity index (χ4n) is 1.92. The number of fused-ring (bicyclic) bond motifs is 1. The van der Waals surface area contributed by atoms with Crippen molar-refractivity contribution in [2.75, 3.05) is 6.61 Å². The molecule has 0 bridgehead atoms. The zero-order valence-corrected chi connectivity index (χ0v) is 7.20. The van der Waals surface area contributed by atoms with E-state index in [4.69, 9.17) is 10.8 Å². The molecule has 70 valence electrons. The highest BCUT2D eigenvalue weighted by Gasteiger charge is 2.28. The van der Waals surface area contributed by atoms with Crippen LogP contribution >= 0.6 is 0 Å². The molecule has 3 heteroatoms. The first-order valence-corrected chi connectivity index (χ1v) is 4.37. The quantitative estimate of drug-likeness (QED) is 0.678. The average molecular weight is 181 g/mol. The fraction of sp³-hybridized carbons (Fsp3) is 0.400. The molecule has 0 radical (unpaired) electrons. The Morgan fingerprint density at radius 2 is 2.31 bits per heavy atom. The van der Waals surface area contributed by atoms with Crippen molar-refractivity contribution in [1.82, 2.24) is 0 Å². The third-order valence-electron chi connectivity index (χ3n) is 2.69. The fourth-order valence-corrected chi connectivity index (χ4v) is 1.92. The Kier molecular flexibility index (Phi) is 2.06. The van der Waals surface area contributed by atoms with E-state index >= 15 is 0 Å². The number of benzene rings is 1. The van der Waals surface area contributed by atoms with Gasteiger partial charge in [-0.1, -0.05) is 6.07 Å². The molecule has 1 aliphatic rings. The van der Waals surface area contributed by atoms with Gasteiger partial charge in [-0.25, -0.2) is 4.39 Å². The first-order chi connectivity index (χ1) is 6.22. The smallest absolute Gasteiger partial charge is 0.123 e. The van der Waals surface area contributed by atoms with Crippen LogP contribution in [0.25, 0.3) is 0 Å². The van der Waals surface area contributed by atoms with Gasteiger partial charge >= 0.3 is 0 Å². The first-order valence-electron chi connectivity index (χ1n) is 4.37. The maximum Gasteiger partial charge on any atom is 0.123 e. The van der Waals surface area contributed by atoms with E-state index in [1.807, 2.05) is 0 Å². The van der Waals surface area contributed by atoms with Gasteiger partial charge in [0.2, 0.25) is 0 Å². The molecule has 1 aromatic carbocycles. The Labute approximate surface area is 76.2 Å². The summed E-state index contributed by atoms with van der Waals surface area (Å²) in [4.78, 5) is 0. The summed E-state index contributed by atoms with van der Waals surface area (Å²) in [5.74, 6) is -0.179. The van der Waals surface area contributed by atoms with Gasteiger partial charge in [-0.3, -0.25) is 0 Å². The number of aliphatic hydroxyl groups is 1. The lowest BCUT2D eigenvalue weighted by Gasteiger charge is -2.11. The first kappa shape index (κ1) is 8.66. The molecule has 0 spiro atoms. The van der Waals surface area contributed by atoms with Crippen molar-refractivity contribution in [3.8, 4) is 0 Å². The lowest BCUT2D eigenvalue weighted by Crippen LogP contribution is -2.19. The van der Waals surface area contributed by atoms with Gasteiger partial charge in [-0.2, -0.15) is 0 Å². The molecule has 1 aliphatic carbocycles. The SMILES string of the molecule is NC1c2ccc(F)cc2CC1CO. The normalized spacial score (nSPS) is 26.1. The number of hydrogen-bond acceptors (Lipinski definition) is 2. The van der Waals surface area contributed by atoms with Crippen molar-refractivity contribution >= 4 is 0 Å². The van der Waals surface area contributed by atoms with Crippen LogP contribution in [0.5, 0.6) is 0 Å². The van der Waals surface area contributed by atoms with Crippen molar-refractivity contribution in [2.24, 2.45) is 11.7 Å². The molecule has 2 nitrogen and oxygen atoms in total. The molecule has 0 aliphatic heterocycles. The molecule has 1 aromatic rings. The molecule has 0 saturated heterocycles. The Morgan fingerprint density at radius 3 is 3.00 bits per heavy atom. The predicted octanol–water partition coefficient (Wildman–Crippen LogP) is 0.990. The van der Waals surface area contributed by atoms with Crippen molar-refractivity contribution in [2.45, 2.75) is 12.5 Å². The molecule has 2 rings (SSSR count). The number of halogens is 1. The Hall–Kier alpha value is -0.930. The summed E-state index contributed by atoms with van der Waals surface area (Å²) in [7, 11) is 0. The number of aliphatic hydroxyl groups excluding tert-OH is 1. The monoisotopic (exact) mass is 181 g/mol. The Morgan fingerprint density at radius 1 is 1.54 bits per heavy atom. The predicted molar refractivity (Wildman–Crippen MR) is 47.6 cm³/mol. The maximum absolute atomic E-state index is 12.8. The molecule has 2 unspecified atom stereocenters. The molecular weight excluding hydrogens is 169 g/mol. The van der Waals surface area contributed by atoms with Crippen LogP contribution in [0.2, 0.25) is 0 Å². The summed E-state index contributed by atoms with van der Waals surface area (Å²) in [6.07, 6.45) is 0.685. The Balaban J connectivity index is 2.38. The van der Waals surface area contributed by atoms with Crippen LogP contribution in [0, 0.1) is 11.7 Å². The second-order valence-corrected chi connectivity index (χ2v) is 3.52. The van der Waals surface area contributed by atoms with Gasteiger partial charge < -0.3 is 10.8 Å². The van der Waals surface area contributed by atoms with Crippen LogP contribution in [0.1, 0.15) is 17.2 Å². The van der Waals surface area contributed by atoms with Crippen molar-refractivity contribution < 1.29 is 9.50 Å². The molecule has 0 fully saturated rings. The highest BCUT2D eigenvalue weighted by atomic mass is 19.1. The molecular formula is C10H12FNO. The van der Waals surface area contributed by atoms with Crippen molar-refractivity contribution in [1.29, 1.82) is 0 Å². The highest BCUT2D eigenvalue weighted by Crippen LogP contribution is 2.34. The number of hydrogen-bond donors (Lipinski definition) is 2. The summed E-state index contributed by atoms with van der Waals surface area (Å²) >= 11 is 0. The minimum absolute atomic E-state index is 0.0526. The summed E-state index contributed by atoms with van der Waals surface area (Å²) in [6.45, 7) is 0.0669. The van der Waals surface area contributed by atoms with E-state index < -0.39 is 0 Å². The summed E-state index contributed by atoms with van der Waals surface area (Å²) in [5, 5.41) is 9.00. The van der Waals surface area contributed by atoms with Gasteiger partial charge in [0, 0.05) is 18.6 Å². The topological polar surface area (TPSA) is 46.2 Å². The molecule has 0 aromatic heterocycles. The molecule has 13 heavy (non-hydrogen) atoms. The zero-order valence-electron chi connectivity index (χ0n) is 7.20. The van der Waals surface area contributed by atoms with E-state index in [1.54, 1.807) is 6.07 Å². The van der Waals surface area contributed by atoms with Crippen molar-refractivity contribution in [3.63, 3.8) is 0 Å². The van der Waals surface area contributed by atoms with E-state index in [1.165, 1.54) is 12.1 Å². The largest absolute Gasteiger partial charge is 0.396 e. The van der Waals surface area contributed by atoms with Gasteiger partial charge in [0.05, 0.1) is 0 Å². The van der Waals surface area contributed by atoms with Gasteiger partial charge in [0.25, 0.3) is 0 Å². The third kappa shape index (κ3) is 1.34. The third-order valence-corrected chi connectivity index (χ3v) is 2.69. The molecule has 3 N–H and O–H groups in total. The van der Waals surface area contributed by atoms with E-state index in [0.29, 0.717) is 6.42 Å². The summed E-state index contributed by atoms with van der Waals surface area (Å²) < 4.78 is 12.8.